The molecule has 1 atom stereocenters. The molecule has 0 spiro atoms. The fraction of sp³-hybridized carbons (Fsp3) is 0.267. The summed E-state index contributed by atoms with van der Waals surface area (Å²) in [6.45, 7) is 0.681. The Kier molecular flexibility index (Phi) is 3.70. The molecule has 5 nitrogen and oxygen atoms in total. The van der Waals surface area contributed by atoms with Crippen molar-refractivity contribution in [2.75, 3.05) is 6.54 Å². The van der Waals surface area contributed by atoms with E-state index in [0.717, 1.165) is 17.7 Å². The van der Waals surface area contributed by atoms with E-state index in [2.05, 4.69) is 4.98 Å². The number of aromatic carboxylic acids is 1. The first kappa shape index (κ1) is 13.8. The van der Waals surface area contributed by atoms with Gasteiger partial charge in [-0.05, 0) is 36.4 Å². The summed E-state index contributed by atoms with van der Waals surface area (Å²) >= 11 is 1.64. The highest BCUT2D eigenvalue weighted by atomic mass is 32.1. The highest BCUT2D eigenvalue weighted by Crippen LogP contribution is 2.35. The van der Waals surface area contributed by atoms with Gasteiger partial charge >= 0.3 is 5.97 Å². The SMILES string of the molecule is O=C(O)c1cccc(C(=O)N2CCC[C@@H]2c2cccs2)n1. The first-order valence-electron chi connectivity index (χ1n) is 6.71. The third-order valence-corrected chi connectivity index (χ3v) is 4.55. The van der Waals surface area contributed by atoms with Crippen molar-refractivity contribution in [1.82, 2.24) is 9.88 Å². The van der Waals surface area contributed by atoms with E-state index in [-0.39, 0.29) is 23.3 Å². The molecule has 3 rings (SSSR count). The third kappa shape index (κ3) is 2.67. The number of carbonyl (C=O) groups excluding carboxylic acids is 1. The Hall–Kier alpha value is -2.21. The molecule has 1 fully saturated rings. The lowest BCUT2D eigenvalue weighted by molar-refractivity contribution is 0.0689. The molecule has 1 aliphatic heterocycles. The van der Waals surface area contributed by atoms with E-state index < -0.39 is 5.97 Å². The zero-order valence-corrected chi connectivity index (χ0v) is 12.0. The van der Waals surface area contributed by atoms with Crippen molar-refractivity contribution in [2.24, 2.45) is 0 Å². The van der Waals surface area contributed by atoms with Crippen LogP contribution in [0.15, 0.2) is 35.7 Å². The van der Waals surface area contributed by atoms with Crippen LogP contribution in [0.5, 0.6) is 0 Å². The maximum atomic E-state index is 12.6. The van der Waals surface area contributed by atoms with Crippen LogP contribution < -0.4 is 0 Å². The predicted octanol–water partition coefficient (Wildman–Crippen LogP) is 2.82. The van der Waals surface area contributed by atoms with E-state index in [0.29, 0.717) is 6.54 Å². The Balaban J connectivity index is 1.87. The number of carboxylic acid groups (broad SMARTS) is 1. The average molecular weight is 302 g/mol. The quantitative estimate of drug-likeness (QED) is 0.946. The standard InChI is InChI=1S/C15H14N2O3S/c18-14(10-4-1-5-11(16-10)15(19)20)17-8-2-6-12(17)13-7-3-9-21-13/h1,3-5,7,9,12H,2,6,8H2,(H,19,20)/t12-/m1/s1. The van der Waals surface area contributed by atoms with Gasteiger partial charge < -0.3 is 10.0 Å². The Morgan fingerprint density at radius 2 is 2.05 bits per heavy atom. The van der Waals surface area contributed by atoms with Crippen LogP contribution in [-0.4, -0.2) is 33.4 Å². The molecule has 2 aromatic heterocycles. The van der Waals surface area contributed by atoms with E-state index in [1.165, 1.54) is 6.07 Å². The number of hydrogen-bond donors (Lipinski definition) is 1. The number of aromatic nitrogens is 1. The van der Waals surface area contributed by atoms with Crippen LogP contribution in [-0.2, 0) is 0 Å². The van der Waals surface area contributed by atoms with E-state index in [4.69, 9.17) is 5.11 Å². The minimum atomic E-state index is -1.12. The predicted molar refractivity (Wildman–Crippen MR) is 78.5 cm³/mol. The van der Waals surface area contributed by atoms with Gasteiger partial charge in [0.05, 0.1) is 6.04 Å². The Bertz CT molecular complexity index is 669. The summed E-state index contributed by atoms with van der Waals surface area (Å²) < 4.78 is 0. The lowest BCUT2D eigenvalue weighted by Crippen LogP contribution is -2.31. The van der Waals surface area contributed by atoms with Crippen molar-refractivity contribution >= 4 is 23.2 Å². The van der Waals surface area contributed by atoms with Crippen LogP contribution in [0.2, 0.25) is 0 Å². The van der Waals surface area contributed by atoms with Gasteiger partial charge in [0.1, 0.15) is 11.4 Å². The molecule has 0 unspecified atom stereocenters. The first-order chi connectivity index (χ1) is 10.2. The highest BCUT2D eigenvalue weighted by Gasteiger charge is 2.31. The number of rotatable bonds is 3. The topological polar surface area (TPSA) is 70.5 Å². The fourth-order valence-electron chi connectivity index (χ4n) is 2.61. The van der Waals surface area contributed by atoms with Crippen LogP contribution >= 0.6 is 11.3 Å². The summed E-state index contributed by atoms with van der Waals surface area (Å²) in [5.41, 5.74) is 0.0890. The highest BCUT2D eigenvalue weighted by molar-refractivity contribution is 7.10. The van der Waals surface area contributed by atoms with Gasteiger partial charge in [-0.25, -0.2) is 9.78 Å². The smallest absolute Gasteiger partial charge is 0.354 e. The largest absolute Gasteiger partial charge is 0.477 e. The fourth-order valence-corrected chi connectivity index (χ4v) is 3.48. The number of carboxylic acids is 1. The summed E-state index contributed by atoms with van der Waals surface area (Å²) in [5.74, 6) is -1.32. The van der Waals surface area contributed by atoms with E-state index in [9.17, 15) is 9.59 Å². The second-order valence-corrected chi connectivity index (χ2v) is 5.86. The zero-order chi connectivity index (χ0) is 14.8. The molecule has 2 aromatic rings. The van der Waals surface area contributed by atoms with Gasteiger partial charge in [0.2, 0.25) is 0 Å². The average Bonchev–Trinajstić information content (AvgIpc) is 3.17. The molecule has 3 heterocycles. The molecule has 1 N–H and O–H groups in total. The number of nitrogens with zero attached hydrogens (tertiary/aromatic N) is 2. The van der Waals surface area contributed by atoms with Gasteiger partial charge in [-0.15, -0.1) is 11.3 Å². The Morgan fingerprint density at radius 1 is 1.24 bits per heavy atom. The molecule has 1 saturated heterocycles. The molecule has 108 valence electrons. The van der Waals surface area contributed by atoms with Gasteiger partial charge in [0.15, 0.2) is 0 Å². The van der Waals surface area contributed by atoms with Gasteiger partial charge in [-0.2, -0.15) is 0 Å². The van der Waals surface area contributed by atoms with Crippen LogP contribution in [0.1, 0.15) is 44.7 Å². The minimum Gasteiger partial charge on any atom is -0.477 e. The maximum Gasteiger partial charge on any atom is 0.354 e. The van der Waals surface area contributed by atoms with Crippen molar-refractivity contribution in [3.05, 3.63) is 52.0 Å². The lowest BCUT2D eigenvalue weighted by Gasteiger charge is -2.23. The van der Waals surface area contributed by atoms with Crippen molar-refractivity contribution in [3.8, 4) is 0 Å². The minimum absolute atomic E-state index is 0.0767. The van der Waals surface area contributed by atoms with E-state index >= 15 is 0 Å². The summed E-state index contributed by atoms with van der Waals surface area (Å²) in [6.07, 6.45) is 1.89. The second-order valence-electron chi connectivity index (χ2n) is 4.89. The molecule has 21 heavy (non-hydrogen) atoms. The second kappa shape index (κ2) is 5.65. The molecule has 1 aliphatic rings. The normalized spacial score (nSPS) is 17.9. The molecule has 1 amide bonds. The van der Waals surface area contributed by atoms with E-state index in [1.54, 1.807) is 28.4 Å². The zero-order valence-electron chi connectivity index (χ0n) is 11.2. The van der Waals surface area contributed by atoms with Crippen LogP contribution in [0, 0.1) is 0 Å². The number of likely N-dealkylation sites (tertiary alicyclic amines) is 1. The van der Waals surface area contributed by atoms with Crippen molar-refractivity contribution in [1.29, 1.82) is 0 Å². The summed E-state index contributed by atoms with van der Waals surface area (Å²) in [7, 11) is 0. The molecule has 0 saturated carbocycles. The summed E-state index contributed by atoms with van der Waals surface area (Å²) in [6, 6.07) is 8.60. The van der Waals surface area contributed by atoms with Gasteiger partial charge in [-0.3, -0.25) is 4.79 Å². The molecule has 0 aromatic carbocycles. The van der Waals surface area contributed by atoms with E-state index in [1.807, 2.05) is 17.5 Å². The molecule has 6 heteroatoms. The number of hydrogen-bond acceptors (Lipinski definition) is 4. The van der Waals surface area contributed by atoms with Gasteiger partial charge in [0, 0.05) is 11.4 Å². The van der Waals surface area contributed by atoms with Crippen molar-refractivity contribution in [2.45, 2.75) is 18.9 Å². The third-order valence-electron chi connectivity index (χ3n) is 3.57. The summed E-state index contributed by atoms with van der Waals surface area (Å²) in [5, 5.41) is 11.0. The number of carbonyl (C=O) groups is 2. The van der Waals surface area contributed by atoms with Gasteiger partial charge in [0.25, 0.3) is 5.91 Å². The molecular weight excluding hydrogens is 288 g/mol. The van der Waals surface area contributed by atoms with Crippen molar-refractivity contribution < 1.29 is 14.7 Å². The van der Waals surface area contributed by atoms with Crippen LogP contribution in [0.3, 0.4) is 0 Å². The van der Waals surface area contributed by atoms with Crippen molar-refractivity contribution in [3.63, 3.8) is 0 Å². The molecule has 0 bridgehead atoms. The Labute approximate surface area is 125 Å². The molecule has 0 aliphatic carbocycles. The van der Waals surface area contributed by atoms with Crippen LogP contribution in [0.25, 0.3) is 0 Å². The lowest BCUT2D eigenvalue weighted by atomic mass is 10.2. The Morgan fingerprint density at radius 3 is 2.76 bits per heavy atom. The molecular formula is C15H14N2O3S. The number of amides is 1. The number of pyridine rings is 1. The van der Waals surface area contributed by atoms with Gasteiger partial charge in [-0.1, -0.05) is 12.1 Å². The monoisotopic (exact) mass is 302 g/mol. The first-order valence-corrected chi connectivity index (χ1v) is 7.59. The number of thiophene rings is 1. The molecule has 0 radical (unpaired) electrons. The van der Waals surface area contributed by atoms with Crippen LogP contribution in [0.4, 0.5) is 0 Å². The summed E-state index contributed by atoms with van der Waals surface area (Å²) in [4.78, 5) is 30.5. The maximum absolute atomic E-state index is 12.6.